The number of aromatic nitrogens is 1. The highest BCUT2D eigenvalue weighted by molar-refractivity contribution is 9.10. The van der Waals surface area contributed by atoms with Crippen molar-refractivity contribution in [3.8, 4) is 0 Å². The summed E-state index contributed by atoms with van der Waals surface area (Å²) >= 11 is 3.16. The lowest BCUT2D eigenvalue weighted by Crippen LogP contribution is -2.43. The van der Waals surface area contributed by atoms with E-state index in [9.17, 15) is 13.2 Å². The number of hydrogen-bond acceptors (Lipinski definition) is 6. The molecule has 0 fully saturated rings. The summed E-state index contributed by atoms with van der Waals surface area (Å²) in [6, 6.07) is 1.37. The standard InChI is InChI=1S/C11H18BrN5O3S/c1-11(2,10(18)14-3)6-16-21(19,20)8-4-7(12)5-15-9(8)17-13/h4-5,16H,6,13H2,1-3H3,(H,14,18)(H,15,17). The van der Waals surface area contributed by atoms with Crippen molar-refractivity contribution in [2.24, 2.45) is 11.3 Å². The van der Waals surface area contributed by atoms with Gasteiger partial charge in [-0.3, -0.25) is 4.79 Å². The third-order valence-electron chi connectivity index (χ3n) is 2.79. The zero-order chi connectivity index (χ0) is 16.3. The summed E-state index contributed by atoms with van der Waals surface area (Å²) in [7, 11) is -2.37. The molecule has 1 rings (SSSR count). The number of rotatable bonds is 6. The van der Waals surface area contributed by atoms with Crippen molar-refractivity contribution in [3.05, 3.63) is 16.7 Å². The van der Waals surface area contributed by atoms with Crippen molar-refractivity contribution in [2.75, 3.05) is 19.0 Å². The fourth-order valence-electron chi connectivity index (χ4n) is 1.51. The Balaban J connectivity index is 3.03. The van der Waals surface area contributed by atoms with Crippen LogP contribution in [0.25, 0.3) is 0 Å². The topological polar surface area (TPSA) is 126 Å². The number of carbonyl (C=O) groups excluding carboxylic acids is 1. The Labute approximate surface area is 132 Å². The Bertz CT molecular complexity index is 633. The normalized spacial score (nSPS) is 12.0. The number of nitrogens with two attached hydrogens (primary N) is 1. The van der Waals surface area contributed by atoms with Crippen LogP contribution in [0.2, 0.25) is 0 Å². The molecule has 0 bridgehead atoms. The van der Waals surface area contributed by atoms with Gasteiger partial charge >= 0.3 is 0 Å². The van der Waals surface area contributed by atoms with Gasteiger partial charge in [0.25, 0.3) is 0 Å². The van der Waals surface area contributed by atoms with Gasteiger partial charge in [0.15, 0.2) is 5.82 Å². The van der Waals surface area contributed by atoms with Crippen LogP contribution in [-0.2, 0) is 14.8 Å². The Morgan fingerprint density at radius 2 is 2.10 bits per heavy atom. The van der Waals surface area contributed by atoms with Gasteiger partial charge in [-0.05, 0) is 35.8 Å². The second-order valence-corrected chi connectivity index (χ2v) is 7.58. The van der Waals surface area contributed by atoms with Crippen LogP contribution >= 0.6 is 15.9 Å². The fourth-order valence-corrected chi connectivity index (χ4v) is 3.34. The van der Waals surface area contributed by atoms with Crippen LogP contribution in [0.4, 0.5) is 5.82 Å². The van der Waals surface area contributed by atoms with E-state index in [-0.39, 0.29) is 23.2 Å². The first kappa shape index (κ1) is 17.8. The number of anilines is 1. The number of nitrogen functional groups attached to an aromatic ring is 1. The molecule has 0 radical (unpaired) electrons. The van der Waals surface area contributed by atoms with Gasteiger partial charge in [0, 0.05) is 24.3 Å². The molecule has 0 aliphatic heterocycles. The Morgan fingerprint density at radius 3 is 2.62 bits per heavy atom. The van der Waals surface area contributed by atoms with E-state index in [2.05, 4.69) is 36.4 Å². The molecule has 1 amide bonds. The summed E-state index contributed by atoms with van der Waals surface area (Å²) in [4.78, 5) is 15.4. The molecule has 1 aromatic rings. The monoisotopic (exact) mass is 379 g/mol. The summed E-state index contributed by atoms with van der Waals surface area (Å²) in [5.41, 5.74) is 1.34. The van der Waals surface area contributed by atoms with Crippen LogP contribution in [0.1, 0.15) is 13.8 Å². The van der Waals surface area contributed by atoms with Gasteiger partial charge in [0.05, 0.1) is 5.41 Å². The van der Waals surface area contributed by atoms with Crippen LogP contribution in [0.3, 0.4) is 0 Å². The van der Waals surface area contributed by atoms with E-state index in [1.54, 1.807) is 13.8 Å². The number of nitrogens with zero attached hydrogens (tertiary/aromatic N) is 1. The van der Waals surface area contributed by atoms with Crippen LogP contribution in [0.5, 0.6) is 0 Å². The molecule has 0 spiro atoms. The summed E-state index contributed by atoms with van der Waals surface area (Å²) in [5.74, 6) is 5.01. The number of nitrogens with one attached hydrogen (secondary N) is 3. The Hall–Kier alpha value is -1.23. The summed E-state index contributed by atoms with van der Waals surface area (Å²) < 4.78 is 27.5. The van der Waals surface area contributed by atoms with Crippen molar-refractivity contribution >= 4 is 37.7 Å². The predicted octanol–water partition coefficient (Wildman–Crippen LogP) is 0.180. The van der Waals surface area contributed by atoms with E-state index in [0.717, 1.165) is 0 Å². The molecule has 0 atom stereocenters. The molecule has 118 valence electrons. The van der Waals surface area contributed by atoms with Gasteiger partial charge in [-0.25, -0.2) is 24.0 Å². The maximum Gasteiger partial charge on any atom is 0.244 e. The van der Waals surface area contributed by atoms with Gasteiger partial charge in [0.2, 0.25) is 15.9 Å². The molecule has 0 aliphatic carbocycles. The van der Waals surface area contributed by atoms with E-state index < -0.39 is 15.4 Å². The minimum Gasteiger partial charge on any atom is -0.359 e. The SMILES string of the molecule is CNC(=O)C(C)(C)CNS(=O)(=O)c1cc(Br)cnc1NN. The van der Waals surface area contributed by atoms with Crippen LogP contribution in [-0.4, -0.2) is 32.9 Å². The molecule has 0 aliphatic rings. The zero-order valence-electron chi connectivity index (χ0n) is 11.9. The molecule has 0 unspecified atom stereocenters. The van der Waals surface area contributed by atoms with E-state index in [1.165, 1.54) is 19.3 Å². The summed E-state index contributed by atoms with van der Waals surface area (Å²) in [6.07, 6.45) is 1.42. The number of carbonyl (C=O) groups is 1. The van der Waals surface area contributed by atoms with Crippen molar-refractivity contribution < 1.29 is 13.2 Å². The van der Waals surface area contributed by atoms with Gasteiger partial charge in [-0.2, -0.15) is 0 Å². The number of hydrogen-bond donors (Lipinski definition) is 4. The second kappa shape index (κ2) is 6.69. The van der Waals surface area contributed by atoms with Crippen molar-refractivity contribution in [1.29, 1.82) is 0 Å². The molecule has 1 heterocycles. The molecule has 0 saturated heterocycles. The molecule has 8 nitrogen and oxygen atoms in total. The number of amides is 1. The first-order chi connectivity index (χ1) is 9.64. The highest BCUT2D eigenvalue weighted by Crippen LogP contribution is 2.23. The quantitative estimate of drug-likeness (QED) is 0.412. The van der Waals surface area contributed by atoms with E-state index in [0.29, 0.717) is 4.47 Å². The predicted molar refractivity (Wildman–Crippen MR) is 82.8 cm³/mol. The van der Waals surface area contributed by atoms with Crippen LogP contribution in [0, 0.1) is 5.41 Å². The lowest BCUT2D eigenvalue weighted by atomic mass is 9.93. The zero-order valence-corrected chi connectivity index (χ0v) is 14.3. The summed E-state index contributed by atoms with van der Waals surface area (Å²) in [6.45, 7) is 3.21. The molecule has 10 heteroatoms. The maximum atomic E-state index is 12.3. The molecular formula is C11H18BrN5O3S. The minimum atomic E-state index is -3.87. The largest absolute Gasteiger partial charge is 0.359 e. The van der Waals surface area contributed by atoms with Gasteiger partial charge in [0.1, 0.15) is 4.90 Å². The number of halogens is 1. The van der Waals surface area contributed by atoms with E-state index in [4.69, 9.17) is 5.84 Å². The lowest BCUT2D eigenvalue weighted by molar-refractivity contribution is -0.128. The molecule has 21 heavy (non-hydrogen) atoms. The highest BCUT2D eigenvalue weighted by Gasteiger charge is 2.30. The second-order valence-electron chi connectivity index (χ2n) is 4.93. The third kappa shape index (κ3) is 4.37. The van der Waals surface area contributed by atoms with Crippen molar-refractivity contribution in [2.45, 2.75) is 18.7 Å². The Morgan fingerprint density at radius 1 is 1.48 bits per heavy atom. The van der Waals surface area contributed by atoms with Crippen molar-refractivity contribution in [3.63, 3.8) is 0 Å². The van der Waals surface area contributed by atoms with Crippen molar-refractivity contribution in [1.82, 2.24) is 15.0 Å². The third-order valence-corrected chi connectivity index (χ3v) is 4.64. The number of sulfonamides is 1. The van der Waals surface area contributed by atoms with Gasteiger partial charge < -0.3 is 10.7 Å². The first-order valence-electron chi connectivity index (χ1n) is 5.98. The van der Waals surface area contributed by atoms with Gasteiger partial charge in [-0.1, -0.05) is 0 Å². The Kier molecular flexibility index (Phi) is 5.68. The van der Waals surface area contributed by atoms with Crippen LogP contribution < -0.4 is 21.3 Å². The lowest BCUT2D eigenvalue weighted by Gasteiger charge is -2.23. The molecule has 0 saturated carbocycles. The molecule has 5 N–H and O–H groups in total. The minimum absolute atomic E-state index is 0.0171. The fraction of sp³-hybridized carbons (Fsp3) is 0.455. The molecule has 1 aromatic heterocycles. The molecule has 0 aromatic carbocycles. The molecular weight excluding hydrogens is 362 g/mol. The first-order valence-corrected chi connectivity index (χ1v) is 8.25. The van der Waals surface area contributed by atoms with E-state index in [1.807, 2.05) is 0 Å². The van der Waals surface area contributed by atoms with Gasteiger partial charge in [-0.15, -0.1) is 0 Å². The van der Waals surface area contributed by atoms with E-state index >= 15 is 0 Å². The smallest absolute Gasteiger partial charge is 0.244 e. The highest BCUT2D eigenvalue weighted by atomic mass is 79.9. The summed E-state index contributed by atoms with van der Waals surface area (Å²) in [5, 5.41) is 2.49. The number of hydrazine groups is 1. The number of pyridine rings is 1. The average molecular weight is 380 g/mol. The van der Waals surface area contributed by atoms with Crippen LogP contribution in [0.15, 0.2) is 21.6 Å². The average Bonchev–Trinajstić information content (AvgIpc) is 2.44. The maximum absolute atomic E-state index is 12.3.